The lowest BCUT2D eigenvalue weighted by Gasteiger charge is -2.21. The Hall–Kier alpha value is -1.41. The van der Waals surface area contributed by atoms with Crippen LogP contribution >= 0.6 is 0 Å². The zero-order valence-corrected chi connectivity index (χ0v) is 11.2. The molecule has 1 aromatic rings. The number of rotatable bonds is 6. The Bertz CT molecular complexity index is 526. The first-order valence-corrected chi connectivity index (χ1v) is 7.82. The van der Waals surface area contributed by atoms with Crippen LogP contribution in [0, 0.1) is 0 Å². The summed E-state index contributed by atoms with van der Waals surface area (Å²) in [6, 6.07) is -0.130. The molecule has 0 aliphatic heterocycles. The monoisotopic (exact) mass is 287 g/mol. The lowest BCUT2D eigenvalue weighted by Crippen LogP contribution is -2.39. The number of nitrogens with one attached hydrogen (secondary N) is 1. The van der Waals surface area contributed by atoms with Crippen molar-refractivity contribution in [2.45, 2.75) is 37.8 Å². The fourth-order valence-electron chi connectivity index (χ4n) is 2.41. The first-order valence-electron chi connectivity index (χ1n) is 6.17. The number of sulfonamides is 1. The van der Waals surface area contributed by atoms with Crippen molar-refractivity contribution in [3.05, 3.63) is 18.7 Å². The third-order valence-electron chi connectivity index (χ3n) is 3.30. The van der Waals surface area contributed by atoms with Gasteiger partial charge in [-0.05, 0) is 19.3 Å². The van der Waals surface area contributed by atoms with E-state index in [9.17, 15) is 13.2 Å². The fourth-order valence-corrected chi connectivity index (χ4v) is 3.71. The molecule has 0 radical (unpaired) electrons. The van der Waals surface area contributed by atoms with E-state index in [0.29, 0.717) is 0 Å². The molecule has 19 heavy (non-hydrogen) atoms. The number of carbonyl (C=O) groups is 1. The minimum absolute atomic E-state index is 0.0575. The number of nitrogens with zero attached hydrogens (tertiary/aromatic N) is 2. The molecule has 1 fully saturated rings. The number of aliphatic carboxylic acids is 1. The summed E-state index contributed by atoms with van der Waals surface area (Å²) in [5.41, 5.74) is 0. The Kier molecular flexibility index (Phi) is 4.20. The summed E-state index contributed by atoms with van der Waals surface area (Å²) in [6.07, 6.45) is 7.36. The maximum atomic E-state index is 11.8. The van der Waals surface area contributed by atoms with Crippen LogP contribution in [-0.2, 0) is 14.8 Å². The van der Waals surface area contributed by atoms with Gasteiger partial charge in [0.05, 0.1) is 24.5 Å². The highest BCUT2D eigenvalue weighted by Crippen LogP contribution is 2.30. The van der Waals surface area contributed by atoms with Gasteiger partial charge in [0.2, 0.25) is 10.0 Å². The Labute approximate surface area is 111 Å². The van der Waals surface area contributed by atoms with Crippen LogP contribution in [0.25, 0.3) is 0 Å². The van der Waals surface area contributed by atoms with Gasteiger partial charge in [-0.1, -0.05) is 0 Å². The average molecular weight is 287 g/mol. The van der Waals surface area contributed by atoms with Crippen LogP contribution in [0.5, 0.6) is 0 Å². The molecule has 1 saturated carbocycles. The Balaban J connectivity index is 1.99. The van der Waals surface area contributed by atoms with Gasteiger partial charge in [0.25, 0.3) is 0 Å². The van der Waals surface area contributed by atoms with Gasteiger partial charge in [0.15, 0.2) is 0 Å². The highest BCUT2D eigenvalue weighted by molar-refractivity contribution is 7.89. The maximum absolute atomic E-state index is 11.8. The molecule has 1 aliphatic rings. The summed E-state index contributed by atoms with van der Waals surface area (Å²) in [6.45, 7) is 0. The molecule has 0 amide bonds. The zero-order valence-electron chi connectivity index (χ0n) is 10.4. The van der Waals surface area contributed by atoms with Crippen LogP contribution in [0.2, 0.25) is 0 Å². The lowest BCUT2D eigenvalue weighted by molar-refractivity contribution is -0.136. The van der Waals surface area contributed by atoms with Crippen LogP contribution < -0.4 is 4.72 Å². The van der Waals surface area contributed by atoms with Gasteiger partial charge in [0.1, 0.15) is 0 Å². The van der Waals surface area contributed by atoms with Gasteiger partial charge in [-0.25, -0.2) is 18.1 Å². The number of carboxylic acid groups (broad SMARTS) is 1. The molecule has 0 saturated heterocycles. The minimum atomic E-state index is -3.55. The topological polar surface area (TPSA) is 101 Å². The van der Waals surface area contributed by atoms with Crippen molar-refractivity contribution >= 4 is 16.0 Å². The van der Waals surface area contributed by atoms with Crippen molar-refractivity contribution in [2.75, 3.05) is 5.75 Å². The molecular weight excluding hydrogens is 270 g/mol. The molecule has 2 atom stereocenters. The zero-order chi connectivity index (χ0) is 13.9. The third kappa shape index (κ3) is 3.77. The average Bonchev–Trinajstić information content (AvgIpc) is 2.95. The van der Waals surface area contributed by atoms with Crippen molar-refractivity contribution in [3.63, 3.8) is 0 Å². The smallest absolute Gasteiger partial charge is 0.304 e. The number of hydrogen-bond acceptors (Lipinski definition) is 4. The molecule has 1 aliphatic carbocycles. The van der Waals surface area contributed by atoms with Crippen LogP contribution in [0.15, 0.2) is 18.7 Å². The van der Waals surface area contributed by atoms with Crippen LogP contribution in [-0.4, -0.2) is 40.8 Å². The van der Waals surface area contributed by atoms with Crippen LogP contribution in [0.1, 0.15) is 31.7 Å². The summed E-state index contributed by atoms with van der Waals surface area (Å²) in [4.78, 5) is 14.4. The van der Waals surface area contributed by atoms with Crippen LogP contribution in [0.4, 0.5) is 0 Å². The lowest BCUT2D eigenvalue weighted by atomic mass is 10.2. The molecule has 1 aromatic heterocycles. The Morgan fingerprint density at radius 3 is 2.89 bits per heavy atom. The second-order valence-electron chi connectivity index (χ2n) is 4.70. The second kappa shape index (κ2) is 5.70. The first-order chi connectivity index (χ1) is 8.98. The molecule has 7 nitrogen and oxygen atoms in total. The Morgan fingerprint density at radius 1 is 1.47 bits per heavy atom. The van der Waals surface area contributed by atoms with Gasteiger partial charge in [-0.3, -0.25) is 4.79 Å². The SMILES string of the molecule is O=C(O)CCS(=O)(=O)NC1CCCC1n1ccnc1. The van der Waals surface area contributed by atoms with Gasteiger partial charge < -0.3 is 9.67 Å². The van der Waals surface area contributed by atoms with Crippen molar-refractivity contribution in [1.29, 1.82) is 0 Å². The van der Waals surface area contributed by atoms with E-state index in [1.54, 1.807) is 12.5 Å². The molecule has 8 heteroatoms. The summed E-state index contributed by atoms with van der Waals surface area (Å²) in [5, 5.41) is 8.54. The van der Waals surface area contributed by atoms with E-state index >= 15 is 0 Å². The highest BCUT2D eigenvalue weighted by Gasteiger charge is 2.31. The highest BCUT2D eigenvalue weighted by atomic mass is 32.2. The molecule has 2 unspecified atom stereocenters. The third-order valence-corrected chi connectivity index (χ3v) is 4.71. The van der Waals surface area contributed by atoms with Gasteiger partial charge >= 0.3 is 5.97 Å². The second-order valence-corrected chi connectivity index (χ2v) is 6.57. The summed E-state index contributed by atoms with van der Waals surface area (Å²) >= 11 is 0. The van der Waals surface area contributed by atoms with Crippen molar-refractivity contribution in [1.82, 2.24) is 14.3 Å². The fraction of sp³-hybridized carbons (Fsp3) is 0.636. The van der Waals surface area contributed by atoms with E-state index in [-0.39, 0.29) is 24.3 Å². The first kappa shape index (κ1) is 14.0. The molecule has 0 aromatic carbocycles. The maximum Gasteiger partial charge on any atom is 0.304 e. The van der Waals surface area contributed by atoms with Gasteiger partial charge in [0, 0.05) is 18.4 Å². The van der Waals surface area contributed by atoms with Crippen LogP contribution in [0.3, 0.4) is 0 Å². The predicted octanol–water partition coefficient (Wildman–Crippen LogP) is 0.371. The van der Waals surface area contributed by atoms with Crippen molar-refractivity contribution in [2.24, 2.45) is 0 Å². The molecule has 2 N–H and O–H groups in total. The standard InChI is InChI=1S/C11H17N3O4S/c15-11(16)4-7-19(17,18)13-9-2-1-3-10(9)14-6-5-12-8-14/h5-6,8-10,13H,1-4,7H2,(H,15,16). The number of hydrogen-bond donors (Lipinski definition) is 2. The summed E-state index contributed by atoms with van der Waals surface area (Å²) in [5.74, 6) is -1.49. The molecule has 0 bridgehead atoms. The van der Waals surface area contributed by atoms with E-state index in [1.807, 2.05) is 10.8 Å². The van der Waals surface area contributed by atoms with Gasteiger partial charge in [-0.2, -0.15) is 0 Å². The van der Waals surface area contributed by atoms with E-state index in [2.05, 4.69) is 9.71 Å². The largest absolute Gasteiger partial charge is 0.481 e. The summed E-state index contributed by atoms with van der Waals surface area (Å²) < 4.78 is 28.1. The summed E-state index contributed by atoms with van der Waals surface area (Å²) in [7, 11) is -3.55. The molecule has 1 heterocycles. The van der Waals surface area contributed by atoms with Gasteiger partial charge in [-0.15, -0.1) is 0 Å². The number of carboxylic acids is 1. The normalized spacial score (nSPS) is 23.6. The molecule has 2 rings (SSSR count). The van der Waals surface area contributed by atoms with E-state index in [4.69, 9.17) is 5.11 Å². The molecule has 0 spiro atoms. The number of aromatic nitrogens is 2. The van der Waals surface area contributed by atoms with E-state index in [0.717, 1.165) is 19.3 Å². The Morgan fingerprint density at radius 2 is 2.26 bits per heavy atom. The predicted molar refractivity (Wildman–Crippen MR) is 68.1 cm³/mol. The molecular formula is C11H17N3O4S. The number of imidazole rings is 1. The van der Waals surface area contributed by atoms with Crippen molar-refractivity contribution < 1.29 is 18.3 Å². The van der Waals surface area contributed by atoms with Crippen molar-refractivity contribution in [3.8, 4) is 0 Å². The quantitative estimate of drug-likeness (QED) is 0.787. The van der Waals surface area contributed by atoms with E-state index < -0.39 is 16.0 Å². The molecule has 106 valence electrons. The minimum Gasteiger partial charge on any atom is -0.481 e. The van der Waals surface area contributed by atoms with E-state index in [1.165, 1.54) is 0 Å².